The highest BCUT2D eigenvalue weighted by molar-refractivity contribution is 5.97. The van der Waals surface area contributed by atoms with Crippen LogP contribution in [0.15, 0.2) is 24.3 Å². The number of aromatic carboxylic acids is 1. The molecule has 0 saturated carbocycles. The average molecular weight is 276 g/mol. The van der Waals surface area contributed by atoms with Crippen LogP contribution in [0, 0.1) is 5.92 Å². The van der Waals surface area contributed by atoms with Gasteiger partial charge >= 0.3 is 5.97 Å². The van der Waals surface area contributed by atoms with E-state index >= 15 is 0 Å². The molecule has 1 unspecified atom stereocenters. The van der Waals surface area contributed by atoms with Gasteiger partial charge in [-0.25, -0.2) is 4.79 Å². The molecule has 1 aromatic rings. The third-order valence-electron chi connectivity index (χ3n) is 3.74. The van der Waals surface area contributed by atoms with Crippen LogP contribution >= 0.6 is 0 Å². The minimum atomic E-state index is -1.02. The molecule has 2 N–H and O–H groups in total. The molecule has 0 radical (unpaired) electrons. The molecule has 5 heteroatoms. The van der Waals surface area contributed by atoms with E-state index in [4.69, 9.17) is 5.11 Å². The molecule has 1 heterocycles. The monoisotopic (exact) mass is 276 g/mol. The molecule has 1 fully saturated rings. The maximum atomic E-state index is 12.0. The Bertz CT molecular complexity index is 502. The predicted molar refractivity (Wildman–Crippen MR) is 76.0 cm³/mol. The quantitative estimate of drug-likeness (QED) is 0.854. The van der Waals surface area contributed by atoms with Crippen LogP contribution < -0.4 is 5.32 Å². The number of likely N-dealkylation sites (tertiary alicyclic amines) is 1. The number of nitrogens with zero attached hydrogens (tertiary/aromatic N) is 1. The molecule has 1 aliphatic rings. The largest absolute Gasteiger partial charge is 0.478 e. The summed E-state index contributed by atoms with van der Waals surface area (Å²) in [6, 6.07) is 6.11. The molecule has 0 aliphatic carbocycles. The maximum absolute atomic E-state index is 12.0. The van der Waals surface area contributed by atoms with Crippen LogP contribution in [0.4, 0.5) is 0 Å². The zero-order valence-corrected chi connectivity index (χ0v) is 11.6. The van der Waals surface area contributed by atoms with Gasteiger partial charge in [-0.15, -0.1) is 0 Å². The van der Waals surface area contributed by atoms with E-state index in [0.717, 1.165) is 26.1 Å². The lowest BCUT2D eigenvalue weighted by Gasteiger charge is -2.13. The van der Waals surface area contributed by atoms with E-state index in [9.17, 15) is 9.59 Å². The average Bonchev–Trinajstić information content (AvgIpc) is 2.93. The van der Waals surface area contributed by atoms with Crippen molar-refractivity contribution in [1.29, 1.82) is 0 Å². The first-order valence-corrected chi connectivity index (χ1v) is 6.94. The Balaban J connectivity index is 1.89. The summed E-state index contributed by atoms with van der Waals surface area (Å²) in [6.45, 7) is 5.94. The van der Waals surface area contributed by atoms with Crippen molar-refractivity contribution in [2.24, 2.45) is 5.92 Å². The molecule has 1 saturated heterocycles. The van der Waals surface area contributed by atoms with Crippen molar-refractivity contribution in [3.63, 3.8) is 0 Å². The summed E-state index contributed by atoms with van der Waals surface area (Å²) in [4.78, 5) is 25.2. The number of hydrogen-bond donors (Lipinski definition) is 2. The molecular weight excluding hydrogens is 256 g/mol. The van der Waals surface area contributed by atoms with Crippen LogP contribution in [-0.4, -0.2) is 48.1 Å². The third kappa shape index (κ3) is 3.57. The molecule has 2 rings (SSSR count). The number of carbonyl (C=O) groups is 2. The van der Waals surface area contributed by atoms with E-state index in [2.05, 4.69) is 17.1 Å². The molecule has 1 aliphatic heterocycles. The summed E-state index contributed by atoms with van der Waals surface area (Å²) < 4.78 is 0. The lowest BCUT2D eigenvalue weighted by atomic mass is 10.1. The lowest BCUT2D eigenvalue weighted by molar-refractivity contribution is 0.0697. The van der Waals surface area contributed by atoms with Gasteiger partial charge in [-0.1, -0.05) is 13.0 Å². The van der Waals surface area contributed by atoms with E-state index in [0.29, 0.717) is 18.0 Å². The molecule has 0 spiro atoms. The molecule has 5 nitrogen and oxygen atoms in total. The van der Waals surface area contributed by atoms with Crippen molar-refractivity contribution < 1.29 is 14.7 Å². The van der Waals surface area contributed by atoms with Crippen molar-refractivity contribution in [1.82, 2.24) is 10.2 Å². The molecule has 1 atom stereocenters. The second kappa shape index (κ2) is 6.52. The smallest absolute Gasteiger partial charge is 0.335 e. The first-order chi connectivity index (χ1) is 9.60. The minimum Gasteiger partial charge on any atom is -0.478 e. The van der Waals surface area contributed by atoms with Crippen molar-refractivity contribution in [2.45, 2.75) is 13.3 Å². The molecule has 20 heavy (non-hydrogen) atoms. The number of benzene rings is 1. The zero-order chi connectivity index (χ0) is 14.5. The second-order valence-corrected chi connectivity index (χ2v) is 5.14. The number of carboxylic acids is 1. The highest BCUT2D eigenvalue weighted by Crippen LogP contribution is 2.14. The summed E-state index contributed by atoms with van der Waals surface area (Å²) in [5.74, 6) is -0.737. The molecule has 108 valence electrons. The zero-order valence-electron chi connectivity index (χ0n) is 11.6. The molecule has 1 aromatic carbocycles. The van der Waals surface area contributed by atoms with Crippen LogP contribution in [0.2, 0.25) is 0 Å². The number of rotatable bonds is 5. The Hall–Kier alpha value is -1.88. The Morgan fingerprint density at radius 3 is 2.80 bits per heavy atom. The summed E-state index contributed by atoms with van der Waals surface area (Å²) in [6.07, 6.45) is 1.10. The fourth-order valence-electron chi connectivity index (χ4n) is 2.50. The van der Waals surface area contributed by atoms with Crippen LogP contribution in [0.3, 0.4) is 0 Å². The van der Waals surface area contributed by atoms with Gasteiger partial charge in [0.15, 0.2) is 0 Å². The topological polar surface area (TPSA) is 69.6 Å². The van der Waals surface area contributed by atoms with Crippen molar-refractivity contribution in [2.75, 3.05) is 26.2 Å². The van der Waals surface area contributed by atoms with Gasteiger partial charge in [0.05, 0.1) is 5.56 Å². The summed E-state index contributed by atoms with van der Waals surface area (Å²) in [7, 11) is 0. The van der Waals surface area contributed by atoms with Gasteiger partial charge < -0.3 is 15.3 Å². The third-order valence-corrected chi connectivity index (χ3v) is 3.74. The van der Waals surface area contributed by atoms with Gasteiger partial charge in [0.25, 0.3) is 5.91 Å². The van der Waals surface area contributed by atoms with Crippen molar-refractivity contribution >= 4 is 11.9 Å². The van der Waals surface area contributed by atoms with Gasteiger partial charge in [-0.2, -0.15) is 0 Å². The fourth-order valence-corrected chi connectivity index (χ4v) is 2.50. The van der Waals surface area contributed by atoms with Gasteiger partial charge in [-0.05, 0) is 43.6 Å². The molecule has 0 bridgehead atoms. The van der Waals surface area contributed by atoms with Crippen LogP contribution in [0.25, 0.3) is 0 Å². The van der Waals surface area contributed by atoms with Crippen molar-refractivity contribution in [3.05, 3.63) is 35.4 Å². The van der Waals surface area contributed by atoms with E-state index in [1.54, 1.807) is 12.1 Å². The Kier molecular flexibility index (Phi) is 4.74. The highest BCUT2D eigenvalue weighted by atomic mass is 16.4. The maximum Gasteiger partial charge on any atom is 0.335 e. The van der Waals surface area contributed by atoms with E-state index in [1.165, 1.54) is 12.1 Å². The lowest BCUT2D eigenvalue weighted by Crippen LogP contribution is -2.31. The van der Waals surface area contributed by atoms with Crippen LogP contribution in [0.5, 0.6) is 0 Å². The number of nitrogens with one attached hydrogen (secondary N) is 1. The first kappa shape index (κ1) is 14.5. The first-order valence-electron chi connectivity index (χ1n) is 6.94. The van der Waals surface area contributed by atoms with E-state index < -0.39 is 5.97 Å². The summed E-state index contributed by atoms with van der Waals surface area (Å²) in [5.41, 5.74) is 0.533. The molecule has 0 aromatic heterocycles. The standard InChI is InChI=1S/C15H20N2O3/c1-2-17-7-6-11(10-17)9-16-14(18)12-4-3-5-13(8-12)15(19)20/h3-5,8,11H,2,6-7,9-10H2,1H3,(H,16,18)(H,19,20). The summed E-state index contributed by atoms with van der Waals surface area (Å²) >= 11 is 0. The number of carboxylic acid groups (broad SMARTS) is 1. The summed E-state index contributed by atoms with van der Waals surface area (Å²) in [5, 5.41) is 11.8. The van der Waals surface area contributed by atoms with Crippen LogP contribution in [-0.2, 0) is 0 Å². The number of hydrogen-bond acceptors (Lipinski definition) is 3. The van der Waals surface area contributed by atoms with Gasteiger partial charge in [-0.3, -0.25) is 4.79 Å². The second-order valence-electron chi connectivity index (χ2n) is 5.14. The minimum absolute atomic E-state index is 0.135. The Morgan fingerprint density at radius 2 is 2.15 bits per heavy atom. The fraction of sp³-hybridized carbons (Fsp3) is 0.467. The Labute approximate surface area is 118 Å². The number of carbonyl (C=O) groups excluding carboxylic acids is 1. The predicted octanol–water partition coefficient (Wildman–Crippen LogP) is 1.46. The van der Waals surface area contributed by atoms with E-state index in [-0.39, 0.29) is 11.5 Å². The van der Waals surface area contributed by atoms with Crippen molar-refractivity contribution in [3.8, 4) is 0 Å². The molecule has 1 amide bonds. The van der Waals surface area contributed by atoms with Gasteiger partial charge in [0.2, 0.25) is 0 Å². The van der Waals surface area contributed by atoms with E-state index in [1.807, 2.05) is 0 Å². The highest BCUT2D eigenvalue weighted by Gasteiger charge is 2.21. The van der Waals surface area contributed by atoms with Gasteiger partial charge in [0, 0.05) is 18.7 Å². The van der Waals surface area contributed by atoms with Gasteiger partial charge in [0.1, 0.15) is 0 Å². The molecular formula is C15H20N2O3. The Morgan fingerprint density at radius 1 is 1.40 bits per heavy atom. The number of amides is 1. The SMILES string of the molecule is CCN1CCC(CNC(=O)c2cccc(C(=O)O)c2)C1. The van der Waals surface area contributed by atoms with Crippen LogP contribution in [0.1, 0.15) is 34.1 Å². The normalized spacial score (nSPS) is 18.9.